The molecule has 1 amide bonds. The van der Waals surface area contributed by atoms with Gasteiger partial charge in [0.15, 0.2) is 0 Å². The second kappa shape index (κ2) is 7.23. The Morgan fingerprint density at radius 1 is 1.42 bits per heavy atom. The van der Waals surface area contributed by atoms with Gasteiger partial charge in [0.1, 0.15) is 5.82 Å². The van der Waals surface area contributed by atoms with Crippen LogP contribution in [0.3, 0.4) is 0 Å². The Kier molecular flexibility index (Phi) is 5.95. The lowest BCUT2D eigenvalue weighted by Crippen LogP contribution is -2.28. The first-order chi connectivity index (χ1) is 8.95. The van der Waals surface area contributed by atoms with Crippen molar-refractivity contribution in [2.75, 3.05) is 20.7 Å². The van der Waals surface area contributed by atoms with E-state index in [9.17, 15) is 14.0 Å². The van der Waals surface area contributed by atoms with Crippen molar-refractivity contribution in [3.63, 3.8) is 0 Å². The standard InChI is InChI=1S/C13H15BrFNO3/c1-16(7-3-4-12(17)19-2)13(18)10-8-9(15)5-6-11(10)14/h5-6,8H,3-4,7H2,1-2H3. The van der Waals surface area contributed by atoms with E-state index in [0.29, 0.717) is 17.4 Å². The number of hydrogen-bond acceptors (Lipinski definition) is 3. The van der Waals surface area contributed by atoms with Crippen molar-refractivity contribution < 1.29 is 18.7 Å². The molecule has 0 aliphatic heterocycles. The van der Waals surface area contributed by atoms with E-state index in [4.69, 9.17) is 0 Å². The van der Waals surface area contributed by atoms with Crippen LogP contribution in [0.4, 0.5) is 4.39 Å². The molecule has 0 fully saturated rings. The molecule has 0 aliphatic carbocycles. The number of amides is 1. The van der Waals surface area contributed by atoms with Gasteiger partial charge >= 0.3 is 5.97 Å². The SMILES string of the molecule is COC(=O)CCCN(C)C(=O)c1cc(F)ccc1Br. The summed E-state index contributed by atoms with van der Waals surface area (Å²) >= 11 is 3.21. The van der Waals surface area contributed by atoms with Crippen LogP contribution < -0.4 is 0 Å². The van der Waals surface area contributed by atoms with E-state index >= 15 is 0 Å². The van der Waals surface area contributed by atoms with Gasteiger partial charge in [-0.25, -0.2) is 4.39 Å². The first-order valence-electron chi connectivity index (χ1n) is 5.73. The molecule has 6 heteroatoms. The lowest BCUT2D eigenvalue weighted by molar-refractivity contribution is -0.140. The number of carbonyl (C=O) groups excluding carboxylic acids is 2. The molecule has 0 radical (unpaired) electrons. The normalized spacial score (nSPS) is 10.1. The average molecular weight is 332 g/mol. The second-order valence-electron chi connectivity index (χ2n) is 4.03. The van der Waals surface area contributed by atoms with E-state index in [2.05, 4.69) is 20.7 Å². The summed E-state index contributed by atoms with van der Waals surface area (Å²) in [6.45, 7) is 0.400. The van der Waals surface area contributed by atoms with E-state index in [-0.39, 0.29) is 23.9 Å². The summed E-state index contributed by atoms with van der Waals surface area (Å²) in [5.74, 6) is -1.07. The molecular formula is C13H15BrFNO3. The second-order valence-corrected chi connectivity index (χ2v) is 4.88. The molecule has 0 bridgehead atoms. The molecule has 0 unspecified atom stereocenters. The van der Waals surface area contributed by atoms with Crippen LogP contribution in [-0.4, -0.2) is 37.5 Å². The van der Waals surface area contributed by atoms with Gasteiger partial charge in [-0.2, -0.15) is 0 Å². The number of benzene rings is 1. The molecule has 19 heavy (non-hydrogen) atoms. The third kappa shape index (κ3) is 4.63. The zero-order valence-corrected chi connectivity index (χ0v) is 12.4. The van der Waals surface area contributed by atoms with Crippen molar-refractivity contribution in [1.82, 2.24) is 4.90 Å². The van der Waals surface area contributed by atoms with Crippen LogP contribution in [-0.2, 0) is 9.53 Å². The summed E-state index contributed by atoms with van der Waals surface area (Å²) in [5, 5.41) is 0. The Morgan fingerprint density at radius 2 is 2.11 bits per heavy atom. The van der Waals surface area contributed by atoms with E-state index in [1.54, 1.807) is 7.05 Å². The molecule has 0 aromatic heterocycles. The molecular weight excluding hydrogens is 317 g/mol. The maximum absolute atomic E-state index is 13.1. The van der Waals surface area contributed by atoms with Crippen molar-refractivity contribution in [1.29, 1.82) is 0 Å². The molecule has 0 saturated carbocycles. The number of nitrogens with zero attached hydrogens (tertiary/aromatic N) is 1. The minimum absolute atomic E-state index is 0.248. The number of ether oxygens (including phenoxy) is 1. The van der Waals surface area contributed by atoms with Gasteiger partial charge in [0.05, 0.1) is 12.7 Å². The number of hydrogen-bond donors (Lipinski definition) is 0. The lowest BCUT2D eigenvalue weighted by Gasteiger charge is -2.17. The maximum Gasteiger partial charge on any atom is 0.305 e. The number of esters is 1. The van der Waals surface area contributed by atoms with Crippen LogP contribution in [0.2, 0.25) is 0 Å². The molecule has 0 aliphatic rings. The number of rotatable bonds is 5. The van der Waals surface area contributed by atoms with Gasteiger partial charge < -0.3 is 9.64 Å². The Hall–Kier alpha value is -1.43. The Morgan fingerprint density at radius 3 is 2.74 bits per heavy atom. The third-order valence-corrected chi connectivity index (χ3v) is 3.30. The molecule has 0 saturated heterocycles. The summed E-state index contributed by atoms with van der Waals surface area (Å²) in [4.78, 5) is 24.5. The highest BCUT2D eigenvalue weighted by molar-refractivity contribution is 9.10. The summed E-state index contributed by atoms with van der Waals surface area (Å²) < 4.78 is 18.2. The van der Waals surface area contributed by atoms with Gasteiger partial charge in [-0.15, -0.1) is 0 Å². The van der Waals surface area contributed by atoms with Gasteiger partial charge in [0, 0.05) is 24.5 Å². The largest absolute Gasteiger partial charge is 0.469 e. The molecule has 104 valence electrons. The minimum Gasteiger partial charge on any atom is -0.469 e. The smallest absolute Gasteiger partial charge is 0.305 e. The molecule has 0 spiro atoms. The van der Waals surface area contributed by atoms with E-state index in [0.717, 1.165) is 0 Å². The van der Waals surface area contributed by atoms with Crippen molar-refractivity contribution in [3.05, 3.63) is 34.1 Å². The first kappa shape index (κ1) is 15.6. The summed E-state index contributed by atoms with van der Waals surface area (Å²) in [6.07, 6.45) is 0.750. The summed E-state index contributed by atoms with van der Waals surface area (Å²) in [6, 6.07) is 3.95. The van der Waals surface area contributed by atoms with Crippen molar-refractivity contribution in [2.24, 2.45) is 0 Å². The molecule has 1 aromatic carbocycles. The number of carbonyl (C=O) groups is 2. The van der Waals surface area contributed by atoms with E-state index < -0.39 is 5.82 Å². The Balaban J connectivity index is 2.61. The van der Waals surface area contributed by atoms with Gasteiger partial charge in [0.2, 0.25) is 0 Å². The van der Waals surface area contributed by atoms with E-state index in [1.165, 1.54) is 30.2 Å². The first-order valence-corrected chi connectivity index (χ1v) is 6.52. The fourth-order valence-electron chi connectivity index (χ4n) is 1.53. The van der Waals surface area contributed by atoms with Crippen LogP contribution in [0.5, 0.6) is 0 Å². The zero-order chi connectivity index (χ0) is 14.4. The Labute approximate surface area is 119 Å². The highest BCUT2D eigenvalue weighted by Gasteiger charge is 2.15. The van der Waals surface area contributed by atoms with Crippen LogP contribution in [0.25, 0.3) is 0 Å². The van der Waals surface area contributed by atoms with E-state index in [1.807, 2.05) is 0 Å². The predicted octanol–water partition coefficient (Wildman–Crippen LogP) is 2.61. The highest BCUT2D eigenvalue weighted by Crippen LogP contribution is 2.19. The lowest BCUT2D eigenvalue weighted by atomic mass is 10.2. The van der Waals surface area contributed by atoms with Crippen molar-refractivity contribution in [3.8, 4) is 0 Å². The van der Waals surface area contributed by atoms with Crippen LogP contribution in [0, 0.1) is 5.82 Å². The fraction of sp³-hybridized carbons (Fsp3) is 0.385. The third-order valence-electron chi connectivity index (χ3n) is 2.61. The fourth-order valence-corrected chi connectivity index (χ4v) is 1.95. The molecule has 1 rings (SSSR count). The minimum atomic E-state index is -0.463. The average Bonchev–Trinajstić information content (AvgIpc) is 2.40. The zero-order valence-electron chi connectivity index (χ0n) is 10.8. The Bertz CT molecular complexity index is 479. The van der Waals surface area contributed by atoms with Gasteiger partial charge in [-0.05, 0) is 40.5 Å². The molecule has 0 N–H and O–H groups in total. The molecule has 0 atom stereocenters. The van der Waals surface area contributed by atoms with Crippen LogP contribution in [0.1, 0.15) is 23.2 Å². The van der Waals surface area contributed by atoms with Gasteiger partial charge in [-0.1, -0.05) is 0 Å². The number of halogens is 2. The molecule has 4 nitrogen and oxygen atoms in total. The van der Waals surface area contributed by atoms with Crippen LogP contribution >= 0.6 is 15.9 Å². The van der Waals surface area contributed by atoms with Crippen molar-refractivity contribution in [2.45, 2.75) is 12.8 Å². The molecule has 1 aromatic rings. The highest BCUT2D eigenvalue weighted by atomic mass is 79.9. The number of methoxy groups -OCH3 is 1. The summed E-state index contributed by atoms with van der Waals surface area (Å²) in [7, 11) is 2.93. The predicted molar refractivity (Wildman–Crippen MR) is 72.3 cm³/mol. The quantitative estimate of drug-likeness (QED) is 0.779. The van der Waals surface area contributed by atoms with Crippen molar-refractivity contribution >= 4 is 27.8 Å². The topological polar surface area (TPSA) is 46.6 Å². The van der Waals surface area contributed by atoms with Gasteiger partial charge in [-0.3, -0.25) is 9.59 Å². The van der Waals surface area contributed by atoms with Gasteiger partial charge in [0.25, 0.3) is 5.91 Å². The monoisotopic (exact) mass is 331 g/mol. The molecule has 0 heterocycles. The van der Waals surface area contributed by atoms with Crippen LogP contribution in [0.15, 0.2) is 22.7 Å². The summed E-state index contributed by atoms with van der Waals surface area (Å²) in [5.41, 5.74) is 0.264. The maximum atomic E-state index is 13.1.